The highest BCUT2D eigenvalue weighted by Gasteiger charge is 2.23. The summed E-state index contributed by atoms with van der Waals surface area (Å²) in [6.07, 6.45) is 4.77. The van der Waals surface area contributed by atoms with Gasteiger partial charge in [-0.3, -0.25) is 0 Å². The predicted molar refractivity (Wildman–Crippen MR) is 136 cm³/mol. The Morgan fingerprint density at radius 2 is 1.81 bits per heavy atom. The first-order valence-electron chi connectivity index (χ1n) is 12.0. The molecule has 0 amide bonds. The average Bonchev–Trinajstić information content (AvgIpc) is 2.92. The van der Waals surface area contributed by atoms with Gasteiger partial charge >= 0.3 is 6.01 Å². The largest absolute Gasteiger partial charge is 0.460 e. The topological polar surface area (TPSA) is 99.3 Å². The van der Waals surface area contributed by atoms with Crippen LogP contribution < -0.4 is 20.1 Å². The summed E-state index contributed by atoms with van der Waals surface area (Å²) in [7, 11) is 0. The molecule has 0 spiro atoms. The number of halogens is 1. The molecular weight excluding hydrogens is 459 g/mol. The number of hydrogen-bond acceptors (Lipinski definition) is 8. The van der Waals surface area contributed by atoms with Crippen molar-refractivity contribution in [1.82, 2.24) is 19.9 Å². The second-order valence-electron chi connectivity index (χ2n) is 8.55. The quantitative estimate of drug-likeness (QED) is 0.387. The summed E-state index contributed by atoms with van der Waals surface area (Å²) in [4.78, 5) is 18.6. The molecule has 0 atom stereocenters. The maximum Gasteiger partial charge on any atom is 0.318 e. The lowest BCUT2D eigenvalue weighted by molar-refractivity contribution is 0.156. The van der Waals surface area contributed by atoms with Crippen LogP contribution in [0.5, 0.6) is 17.6 Å². The van der Waals surface area contributed by atoms with E-state index < -0.39 is 5.82 Å². The zero-order chi connectivity index (χ0) is 24.9. The van der Waals surface area contributed by atoms with Crippen molar-refractivity contribution in [2.24, 2.45) is 0 Å². The molecule has 1 aliphatic heterocycles. The van der Waals surface area contributed by atoms with Crippen molar-refractivity contribution >= 4 is 11.6 Å². The van der Waals surface area contributed by atoms with Gasteiger partial charge in [-0.2, -0.15) is 4.98 Å². The normalized spacial score (nSPS) is 14.0. The van der Waals surface area contributed by atoms with Crippen LogP contribution in [0.25, 0.3) is 11.1 Å². The summed E-state index contributed by atoms with van der Waals surface area (Å²) in [6, 6.07) is 18.5. The standard InChI is InChI=1S/C27H27FN6O2/c1-2-18-14-20(19-6-4-3-5-7-19)8-9-23(18)36-25-15-24(31-17-32-25)34-12-10-21(11-13-34)35-27-30-16-22(28)26(29)33-27/h3-9,14-17,21H,2,10-13H2,1H3,(H2,29,30,33). The fourth-order valence-electron chi connectivity index (χ4n) is 4.21. The molecule has 2 aromatic heterocycles. The lowest BCUT2D eigenvalue weighted by Crippen LogP contribution is -2.39. The van der Waals surface area contributed by atoms with Gasteiger partial charge in [-0.25, -0.2) is 19.3 Å². The van der Waals surface area contributed by atoms with Crippen molar-refractivity contribution in [3.63, 3.8) is 0 Å². The first-order valence-corrected chi connectivity index (χ1v) is 12.0. The van der Waals surface area contributed by atoms with E-state index in [1.54, 1.807) is 0 Å². The highest BCUT2D eigenvalue weighted by molar-refractivity contribution is 5.65. The molecule has 3 heterocycles. The van der Waals surface area contributed by atoms with Gasteiger partial charge in [-0.1, -0.05) is 43.3 Å². The highest BCUT2D eigenvalue weighted by atomic mass is 19.1. The number of ether oxygens (including phenoxy) is 2. The fraction of sp³-hybridized carbons (Fsp3) is 0.259. The fourth-order valence-corrected chi connectivity index (χ4v) is 4.21. The molecule has 5 rings (SSSR count). The summed E-state index contributed by atoms with van der Waals surface area (Å²) in [6.45, 7) is 3.56. The third kappa shape index (κ3) is 5.35. The number of anilines is 2. The van der Waals surface area contributed by atoms with Crippen LogP contribution in [0, 0.1) is 5.82 Å². The van der Waals surface area contributed by atoms with E-state index in [0.29, 0.717) is 5.88 Å². The lowest BCUT2D eigenvalue weighted by Gasteiger charge is -2.32. The highest BCUT2D eigenvalue weighted by Crippen LogP contribution is 2.31. The molecule has 9 heteroatoms. The molecule has 0 aliphatic carbocycles. The molecule has 4 aromatic rings. The predicted octanol–water partition coefficient (Wildman–Crippen LogP) is 5.06. The van der Waals surface area contributed by atoms with Crippen LogP contribution in [-0.2, 0) is 6.42 Å². The minimum atomic E-state index is -0.655. The number of benzene rings is 2. The number of aromatic nitrogens is 4. The van der Waals surface area contributed by atoms with Crippen LogP contribution in [0.4, 0.5) is 16.0 Å². The molecule has 184 valence electrons. The van der Waals surface area contributed by atoms with E-state index in [-0.39, 0.29) is 17.9 Å². The van der Waals surface area contributed by atoms with Crippen molar-refractivity contribution in [2.45, 2.75) is 32.3 Å². The average molecular weight is 487 g/mol. The summed E-state index contributed by atoms with van der Waals surface area (Å²) >= 11 is 0. The van der Waals surface area contributed by atoms with Gasteiger partial charge in [0, 0.05) is 32.0 Å². The number of hydrogen-bond donors (Lipinski definition) is 1. The molecule has 1 saturated heterocycles. The van der Waals surface area contributed by atoms with Crippen LogP contribution in [-0.4, -0.2) is 39.1 Å². The van der Waals surface area contributed by atoms with Crippen LogP contribution in [0.1, 0.15) is 25.3 Å². The number of aryl methyl sites for hydroxylation is 1. The zero-order valence-electron chi connectivity index (χ0n) is 20.0. The Morgan fingerprint density at radius 3 is 2.56 bits per heavy atom. The molecule has 2 aromatic carbocycles. The molecule has 8 nitrogen and oxygen atoms in total. The Kier molecular flexibility index (Phi) is 6.88. The maximum atomic E-state index is 13.3. The summed E-state index contributed by atoms with van der Waals surface area (Å²) in [5, 5.41) is 0. The van der Waals surface area contributed by atoms with Crippen LogP contribution in [0.2, 0.25) is 0 Å². The van der Waals surface area contributed by atoms with Gasteiger partial charge in [-0.05, 0) is 35.2 Å². The monoisotopic (exact) mass is 486 g/mol. The Bertz CT molecular complexity index is 1330. The Balaban J connectivity index is 1.23. The molecule has 0 bridgehead atoms. The Hall–Kier alpha value is -4.27. The summed E-state index contributed by atoms with van der Waals surface area (Å²) in [5.41, 5.74) is 8.94. The minimum Gasteiger partial charge on any atom is -0.460 e. The molecule has 0 unspecified atom stereocenters. The number of rotatable bonds is 7. The first kappa shape index (κ1) is 23.5. The van der Waals surface area contributed by atoms with Gasteiger partial charge in [0.1, 0.15) is 24.0 Å². The molecule has 1 fully saturated rings. The van der Waals surface area contributed by atoms with Crippen LogP contribution in [0.3, 0.4) is 0 Å². The number of nitrogen functional groups attached to an aromatic ring is 1. The Morgan fingerprint density at radius 1 is 1.00 bits per heavy atom. The second kappa shape index (κ2) is 10.6. The van der Waals surface area contributed by atoms with E-state index in [1.165, 1.54) is 11.9 Å². The van der Waals surface area contributed by atoms with Gasteiger partial charge in [0.2, 0.25) is 5.88 Å². The lowest BCUT2D eigenvalue weighted by atomic mass is 10.0. The molecule has 2 N–H and O–H groups in total. The molecule has 0 saturated carbocycles. The van der Waals surface area contributed by atoms with Crippen LogP contribution >= 0.6 is 0 Å². The third-order valence-corrected chi connectivity index (χ3v) is 6.18. The van der Waals surface area contributed by atoms with Crippen molar-refractivity contribution in [1.29, 1.82) is 0 Å². The van der Waals surface area contributed by atoms with Crippen molar-refractivity contribution in [3.05, 3.63) is 78.5 Å². The van der Waals surface area contributed by atoms with Crippen LogP contribution in [0.15, 0.2) is 67.1 Å². The van der Waals surface area contributed by atoms with E-state index in [1.807, 2.05) is 30.3 Å². The number of piperidine rings is 1. The summed E-state index contributed by atoms with van der Waals surface area (Å²) < 4.78 is 25.3. The van der Waals surface area contributed by atoms with Gasteiger partial charge in [0.15, 0.2) is 11.6 Å². The molecule has 0 radical (unpaired) electrons. The smallest absolute Gasteiger partial charge is 0.318 e. The SMILES string of the molecule is CCc1cc(-c2ccccc2)ccc1Oc1cc(N2CCC(Oc3ncc(F)c(N)n3)CC2)ncn1. The van der Waals surface area contributed by atoms with Gasteiger partial charge in [0.25, 0.3) is 0 Å². The van der Waals surface area contributed by atoms with E-state index in [9.17, 15) is 4.39 Å². The van der Waals surface area contributed by atoms with Gasteiger partial charge in [-0.15, -0.1) is 0 Å². The third-order valence-electron chi connectivity index (χ3n) is 6.18. The van der Waals surface area contributed by atoms with Crippen molar-refractivity contribution < 1.29 is 13.9 Å². The molecule has 36 heavy (non-hydrogen) atoms. The van der Waals surface area contributed by atoms with E-state index in [4.69, 9.17) is 15.2 Å². The van der Waals surface area contributed by atoms with E-state index in [0.717, 1.165) is 61.2 Å². The summed E-state index contributed by atoms with van der Waals surface area (Å²) in [5.74, 6) is 1.20. The second-order valence-corrected chi connectivity index (χ2v) is 8.55. The van der Waals surface area contributed by atoms with E-state index in [2.05, 4.69) is 56.0 Å². The molecular formula is C27H27FN6O2. The molecule has 1 aliphatic rings. The Labute approximate surface area is 209 Å². The van der Waals surface area contributed by atoms with Crippen molar-refractivity contribution in [3.8, 4) is 28.8 Å². The number of nitrogens with two attached hydrogens (primary N) is 1. The number of nitrogens with zero attached hydrogens (tertiary/aromatic N) is 5. The minimum absolute atomic E-state index is 0.0843. The first-order chi connectivity index (χ1) is 17.6. The van der Waals surface area contributed by atoms with Gasteiger partial charge < -0.3 is 20.1 Å². The zero-order valence-corrected chi connectivity index (χ0v) is 20.0. The maximum absolute atomic E-state index is 13.3. The van der Waals surface area contributed by atoms with E-state index >= 15 is 0 Å². The van der Waals surface area contributed by atoms with Gasteiger partial charge in [0.05, 0.1) is 6.20 Å². The van der Waals surface area contributed by atoms with Crippen molar-refractivity contribution in [2.75, 3.05) is 23.7 Å².